The van der Waals surface area contributed by atoms with Crippen molar-refractivity contribution in [1.29, 1.82) is 0 Å². The molecule has 0 heterocycles. The lowest BCUT2D eigenvalue weighted by molar-refractivity contribution is 1.26. The van der Waals surface area contributed by atoms with Crippen LogP contribution in [0.5, 0.6) is 0 Å². The fraction of sp³-hybridized carbons (Fsp3) is 0.0556. The van der Waals surface area contributed by atoms with E-state index in [1.807, 2.05) is 0 Å². The standard InChI is InChI=1S/C36H29N/c1-26-16-21-32(22-17-26)37(31-12-4-3-5-13-31)33-23-20-30(27(2)24-33)25-36-34-14-8-6-10-28(34)18-19-29-11-7-9-15-35(29)36/h3-25H,1-2H3. The highest BCUT2D eigenvalue weighted by Crippen LogP contribution is 2.38. The van der Waals surface area contributed by atoms with Crippen molar-refractivity contribution < 1.29 is 0 Å². The maximum atomic E-state index is 2.35. The van der Waals surface area contributed by atoms with Crippen molar-refractivity contribution in [2.75, 3.05) is 4.90 Å². The van der Waals surface area contributed by atoms with Crippen molar-refractivity contribution >= 4 is 40.9 Å². The highest BCUT2D eigenvalue weighted by atomic mass is 15.1. The molecule has 0 bridgehead atoms. The summed E-state index contributed by atoms with van der Waals surface area (Å²) < 4.78 is 0. The van der Waals surface area contributed by atoms with E-state index in [0.29, 0.717) is 0 Å². The molecular formula is C36H29N. The van der Waals surface area contributed by atoms with E-state index in [-0.39, 0.29) is 0 Å². The Morgan fingerprint density at radius 2 is 1.05 bits per heavy atom. The summed E-state index contributed by atoms with van der Waals surface area (Å²) in [6.45, 7) is 4.34. The maximum Gasteiger partial charge on any atom is 0.0464 e. The van der Waals surface area contributed by atoms with Crippen LogP contribution in [0, 0.1) is 13.8 Å². The molecule has 5 aromatic rings. The maximum absolute atomic E-state index is 2.35. The number of hydrogen-bond acceptors (Lipinski definition) is 1. The zero-order valence-electron chi connectivity index (χ0n) is 21.2. The number of fused-ring (bicyclic) bond motifs is 2. The van der Waals surface area contributed by atoms with Crippen LogP contribution in [0.15, 0.2) is 121 Å². The fourth-order valence-electron chi connectivity index (χ4n) is 5.09. The van der Waals surface area contributed by atoms with Crippen LogP contribution in [0.4, 0.5) is 17.1 Å². The molecule has 0 saturated heterocycles. The SMILES string of the molecule is Cc1ccc(N(c2ccccc2)c2ccc(C=C3c4ccccc4C=Cc4ccccc43)c(C)c2)cc1. The summed E-state index contributed by atoms with van der Waals surface area (Å²) in [5, 5.41) is 0. The van der Waals surface area contributed by atoms with Gasteiger partial charge in [0.15, 0.2) is 0 Å². The minimum Gasteiger partial charge on any atom is -0.310 e. The summed E-state index contributed by atoms with van der Waals surface area (Å²) in [5.41, 5.74) is 13.4. The Bertz CT molecular complexity index is 1570. The van der Waals surface area contributed by atoms with Crippen LogP contribution in [0.2, 0.25) is 0 Å². The molecule has 0 amide bonds. The topological polar surface area (TPSA) is 3.24 Å². The number of hydrogen-bond donors (Lipinski definition) is 0. The second kappa shape index (κ2) is 9.79. The minimum absolute atomic E-state index is 1.15. The molecule has 1 heteroatoms. The fourth-order valence-corrected chi connectivity index (χ4v) is 5.09. The van der Waals surface area contributed by atoms with Gasteiger partial charge in [-0.15, -0.1) is 0 Å². The van der Waals surface area contributed by atoms with Crippen LogP contribution in [-0.2, 0) is 0 Å². The minimum atomic E-state index is 1.15. The third kappa shape index (κ3) is 4.52. The van der Waals surface area contributed by atoms with Gasteiger partial charge in [0.1, 0.15) is 0 Å². The first-order chi connectivity index (χ1) is 18.2. The van der Waals surface area contributed by atoms with Gasteiger partial charge in [-0.2, -0.15) is 0 Å². The number of para-hydroxylation sites is 1. The lowest BCUT2D eigenvalue weighted by Crippen LogP contribution is -2.10. The molecular weight excluding hydrogens is 446 g/mol. The van der Waals surface area contributed by atoms with Gasteiger partial charge < -0.3 is 4.90 Å². The Kier molecular flexibility index (Phi) is 6.04. The van der Waals surface area contributed by atoms with E-state index in [4.69, 9.17) is 0 Å². The van der Waals surface area contributed by atoms with E-state index in [9.17, 15) is 0 Å². The van der Waals surface area contributed by atoms with E-state index in [0.717, 1.165) is 17.1 Å². The summed E-state index contributed by atoms with van der Waals surface area (Å²) >= 11 is 0. The molecule has 0 aliphatic heterocycles. The Morgan fingerprint density at radius 1 is 0.514 bits per heavy atom. The highest BCUT2D eigenvalue weighted by molar-refractivity contribution is 6.00. The Balaban J connectivity index is 1.47. The summed E-state index contributed by atoms with van der Waals surface area (Å²) in [7, 11) is 0. The van der Waals surface area contributed by atoms with Crippen LogP contribution >= 0.6 is 0 Å². The van der Waals surface area contributed by atoms with Gasteiger partial charge in [-0.25, -0.2) is 0 Å². The van der Waals surface area contributed by atoms with Gasteiger partial charge in [0.2, 0.25) is 0 Å². The molecule has 0 radical (unpaired) electrons. The predicted molar refractivity (Wildman–Crippen MR) is 159 cm³/mol. The average Bonchev–Trinajstić information content (AvgIpc) is 3.09. The average molecular weight is 476 g/mol. The van der Waals surface area contributed by atoms with Gasteiger partial charge in [0, 0.05) is 17.1 Å². The second-order valence-electron chi connectivity index (χ2n) is 9.61. The number of benzene rings is 5. The molecule has 1 aliphatic carbocycles. The Labute approximate surface area is 219 Å². The lowest BCUT2D eigenvalue weighted by atomic mass is 9.91. The third-order valence-electron chi connectivity index (χ3n) is 7.06. The smallest absolute Gasteiger partial charge is 0.0464 e. The van der Waals surface area contributed by atoms with Gasteiger partial charge in [-0.3, -0.25) is 0 Å². The summed E-state index contributed by atoms with van der Waals surface area (Å²) in [6, 6.07) is 43.4. The van der Waals surface area contributed by atoms with Gasteiger partial charge in [-0.1, -0.05) is 103 Å². The quantitative estimate of drug-likeness (QED) is 0.245. The van der Waals surface area contributed by atoms with E-state index in [1.54, 1.807) is 0 Å². The van der Waals surface area contributed by atoms with Gasteiger partial charge in [0.05, 0.1) is 0 Å². The van der Waals surface area contributed by atoms with Crippen LogP contribution in [0.3, 0.4) is 0 Å². The Morgan fingerprint density at radius 3 is 1.68 bits per heavy atom. The highest BCUT2D eigenvalue weighted by Gasteiger charge is 2.16. The third-order valence-corrected chi connectivity index (χ3v) is 7.06. The molecule has 0 fully saturated rings. The van der Waals surface area contributed by atoms with Crippen molar-refractivity contribution in [3.63, 3.8) is 0 Å². The van der Waals surface area contributed by atoms with Crippen LogP contribution in [0.1, 0.15) is 38.9 Å². The normalized spacial score (nSPS) is 11.9. The number of aryl methyl sites for hydroxylation is 2. The van der Waals surface area contributed by atoms with Crippen molar-refractivity contribution in [2.24, 2.45) is 0 Å². The number of rotatable bonds is 4. The van der Waals surface area contributed by atoms with Gasteiger partial charge in [-0.05, 0) is 95.3 Å². The first-order valence-corrected chi connectivity index (χ1v) is 12.8. The van der Waals surface area contributed by atoms with Crippen LogP contribution in [0.25, 0.3) is 23.8 Å². The molecule has 37 heavy (non-hydrogen) atoms. The molecule has 0 aromatic heterocycles. The van der Waals surface area contributed by atoms with Crippen LogP contribution in [-0.4, -0.2) is 0 Å². The van der Waals surface area contributed by atoms with E-state index in [1.165, 1.54) is 44.5 Å². The monoisotopic (exact) mass is 475 g/mol. The largest absolute Gasteiger partial charge is 0.310 e. The number of nitrogens with zero attached hydrogens (tertiary/aromatic N) is 1. The number of anilines is 3. The zero-order valence-corrected chi connectivity index (χ0v) is 21.2. The van der Waals surface area contributed by atoms with Crippen LogP contribution < -0.4 is 4.90 Å². The second-order valence-corrected chi connectivity index (χ2v) is 9.61. The molecule has 0 atom stereocenters. The first kappa shape index (κ1) is 22.8. The van der Waals surface area contributed by atoms with Crippen molar-refractivity contribution in [2.45, 2.75) is 13.8 Å². The Hall–Kier alpha value is -4.62. The molecule has 0 N–H and O–H groups in total. The van der Waals surface area contributed by atoms with Crippen molar-refractivity contribution in [3.05, 3.63) is 160 Å². The molecule has 1 aliphatic rings. The molecule has 0 unspecified atom stereocenters. The predicted octanol–water partition coefficient (Wildman–Crippen LogP) is 9.85. The van der Waals surface area contributed by atoms with E-state index in [2.05, 4.69) is 158 Å². The van der Waals surface area contributed by atoms with Gasteiger partial charge in [0.25, 0.3) is 0 Å². The van der Waals surface area contributed by atoms with Crippen molar-refractivity contribution in [3.8, 4) is 0 Å². The summed E-state index contributed by atoms with van der Waals surface area (Å²) in [6.07, 6.45) is 6.80. The molecule has 1 nitrogen and oxygen atoms in total. The molecule has 5 aromatic carbocycles. The van der Waals surface area contributed by atoms with Crippen molar-refractivity contribution in [1.82, 2.24) is 0 Å². The zero-order chi connectivity index (χ0) is 25.2. The molecule has 6 rings (SSSR count). The molecule has 0 spiro atoms. The summed E-state index contributed by atoms with van der Waals surface area (Å²) in [5.74, 6) is 0. The molecule has 0 saturated carbocycles. The van der Waals surface area contributed by atoms with E-state index < -0.39 is 0 Å². The van der Waals surface area contributed by atoms with Gasteiger partial charge >= 0.3 is 0 Å². The lowest BCUT2D eigenvalue weighted by Gasteiger charge is -2.26. The van der Waals surface area contributed by atoms with E-state index >= 15 is 0 Å². The first-order valence-electron chi connectivity index (χ1n) is 12.8. The summed E-state index contributed by atoms with van der Waals surface area (Å²) in [4.78, 5) is 2.32. The molecule has 178 valence electrons.